The Morgan fingerprint density at radius 2 is 1.87 bits per heavy atom. The van der Waals surface area contributed by atoms with Crippen molar-refractivity contribution in [3.8, 4) is 0 Å². The lowest BCUT2D eigenvalue weighted by molar-refractivity contribution is -0.297. The van der Waals surface area contributed by atoms with Gasteiger partial charge in [-0.15, -0.1) is 0 Å². The average Bonchev–Trinajstić information content (AvgIpc) is 2.95. The van der Waals surface area contributed by atoms with Gasteiger partial charge in [0.1, 0.15) is 23.9 Å². The second kappa shape index (κ2) is 6.15. The van der Waals surface area contributed by atoms with Crippen molar-refractivity contribution in [3.63, 3.8) is 0 Å². The smallest absolute Gasteiger partial charge is 0.348 e. The van der Waals surface area contributed by atoms with Gasteiger partial charge in [-0.25, -0.2) is 4.79 Å². The van der Waals surface area contributed by atoms with E-state index in [1.807, 2.05) is 0 Å². The van der Waals surface area contributed by atoms with Crippen molar-refractivity contribution in [2.45, 2.75) is 70.2 Å². The highest BCUT2D eigenvalue weighted by Crippen LogP contribution is 2.72. The first kappa shape index (κ1) is 21.1. The van der Waals surface area contributed by atoms with Crippen molar-refractivity contribution in [2.24, 2.45) is 28.6 Å². The summed E-state index contributed by atoms with van der Waals surface area (Å²) in [6.07, 6.45) is -4.45. The topological polar surface area (TPSA) is 140 Å². The Kier molecular flexibility index (Phi) is 4.18. The number of fused-ring (bicyclic) bond motifs is 2. The second-order valence-electron chi connectivity index (χ2n) is 10.3. The lowest BCUT2D eigenvalue weighted by Crippen LogP contribution is -2.78. The minimum Gasteiger partial charge on any atom is -0.459 e. The van der Waals surface area contributed by atoms with E-state index in [4.69, 9.17) is 14.2 Å². The molecule has 0 amide bonds. The van der Waals surface area contributed by atoms with Crippen molar-refractivity contribution >= 4 is 17.7 Å². The monoisotopic (exact) mass is 436 g/mol. The van der Waals surface area contributed by atoms with Crippen LogP contribution in [-0.2, 0) is 28.6 Å². The first-order chi connectivity index (χ1) is 14.4. The van der Waals surface area contributed by atoms with Crippen LogP contribution in [0.4, 0.5) is 0 Å². The van der Waals surface area contributed by atoms with Crippen LogP contribution in [0.3, 0.4) is 0 Å². The summed E-state index contributed by atoms with van der Waals surface area (Å²) in [4.78, 5) is 37.4. The summed E-state index contributed by atoms with van der Waals surface area (Å²) in [7, 11) is 0. The first-order valence-electron chi connectivity index (χ1n) is 10.7. The molecule has 2 saturated heterocycles. The molecule has 9 heteroatoms. The zero-order valence-corrected chi connectivity index (χ0v) is 17.9. The van der Waals surface area contributed by atoms with Gasteiger partial charge in [-0.05, 0) is 32.3 Å². The van der Waals surface area contributed by atoms with Gasteiger partial charge in [0.25, 0.3) is 0 Å². The number of hydrogen-bond acceptors (Lipinski definition) is 9. The van der Waals surface area contributed by atoms with Gasteiger partial charge in [-0.3, -0.25) is 9.59 Å². The van der Waals surface area contributed by atoms with E-state index in [1.54, 1.807) is 20.8 Å². The molecule has 0 radical (unpaired) electrons. The van der Waals surface area contributed by atoms with Gasteiger partial charge in [0.15, 0.2) is 5.78 Å². The largest absolute Gasteiger partial charge is 0.459 e. The molecule has 5 rings (SSSR count). The molecular weight excluding hydrogens is 408 g/mol. The molecule has 4 fully saturated rings. The predicted molar refractivity (Wildman–Crippen MR) is 102 cm³/mol. The fourth-order valence-corrected chi connectivity index (χ4v) is 7.86. The van der Waals surface area contributed by atoms with E-state index in [0.717, 1.165) is 5.57 Å². The Morgan fingerprint density at radius 3 is 2.52 bits per heavy atom. The Bertz CT molecular complexity index is 913. The molecule has 1 spiro atoms. The van der Waals surface area contributed by atoms with E-state index < -0.39 is 76.5 Å². The van der Waals surface area contributed by atoms with Gasteiger partial charge in [0, 0.05) is 23.7 Å². The standard InChI is InChI=1S/C22H28O9/c1-8-5-11(24)17(26)20(3)10(8)6-12-22-7-29-21(4,18(27)13(25)15(20)22)16(22)14(19(28)31-12)30-9(2)23/h5,10,12-18,25-27H,6-7H2,1-4H3/t10-,12+,13+,14+,15+,16-,17+,18-,20-,21-,22+/m0/s1. The summed E-state index contributed by atoms with van der Waals surface area (Å²) in [5.41, 5.74) is -2.81. The number of esters is 2. The van der Waals surface area contributed by atoms with Crippen LogP contribution in [0, 0.1) is 28.6 Å². The molecule has 2 saturated carbocycles. The molecule has 0 aromatic carbocycles. The molecule has 2 heterocycles. The lowest BCUT2D eigenvalue weighted by Gasteiger charge is -2.68. The molecule has 2 aliphatic heterocycles. The molecule has 2 bridgehead atoms. The van der Waals surface area contributed by atoms with E-state index >= 15 is 0 Å². The average molecular weight is 436 g/mol. The van der Waals surface area contributed by atoms with E-state index in [9.17, 15) is 29.7 Å². The summed E-state index contributed by atoms with van der Waals surface area (Å²) in [6, 6.07) is 0. The number of carbonyl (C=O) groups excluding carboxylic acids is 3. The summed E-state index contributed by atoms with van der Waals surface area (Å²) in [6.45, 7) is 6.36. The van der Waals surface area contributed by atoms with Crippen LogP contribution >= 0.6 is 0 Å². The van der Waals surface area contributed by atoms with Crippen molar-refractivity contribution in [3.05, 3.63) is 11.6 Å². The number of allylic oxidation sites excluding steroid dienone is 1. The van der Waals surface area contributed by atoms with Crippen LogP contribution in [0.15, 0.2) is 11.6 Å². The zero-order valence-electron chi connectivity index (χ0n) is 17.9. The predicted octanol–water partition coefficient (Wildman–Crippen LogP) is -0.497. The third-order valence-electron chi connectivity index (χ3n) is 9.00. The van der Waals surface area contributed by atoms with Crippen LogP contribution in [-0.4, -0.2) is 75.8 Å². The van der Waals surface area contributed by atoms with Gasteiger partial charge in [0.05, 0.1) is 18.6 Å². The van der Waals surface area contributed by atoms with E-state index in [2.05, 4.69) is 0 Å². The number of hydrogen-bond donors (Lipinski definition) is 3. The number of carbonyl (C=O) groups is 3. The number of rotatable bonds is 1. The molecule has 0 aromatic rings. The fourth-order valence-electron chi connectivity index (χ4n) is 7.86. The number of aliphatic hydroxyl groups excluding tert-OH is 3. The van der Waals surface area contributed by atoms with Crippen molar-refractivity contribution in [1.82, 2.24) is 0 Å². The number of aliphatic hydroxyl groups is 3. The number of ketones is 1. The van der Waals surface area contributed by atoms with E-state index in [1.165, 1.54) is 13.0 Å². The highest BCUT2D eigenvalue weighted by molar-refractivity contribution is 5.96. The Labute approximate surface area is 179 Å². The van der Waals surface area contributed by atoms with Crippen LogP contribution < -0.4 is 0 Å². The third-order valence-corrected chi connectivity index (χ3v) is 9.00. The van der Waals surface area contributed by atoms with Gasteiger partial charge < -0.3 is 29.5 Å². The highest BCUT2D eigenvalue weighted by Gasteiger charge is 2.82. The molecule has 9 nitrogen and oxygen atoms in total. The molecule has 0 unspecified atom stereocenters. The minimum atomic E-state index is -1.42. The molecular formula is C22H28O9. The lowest BCUT2D eigenvalue weighted by atomic mass is 9.38. The van der Waals surface area contributed by atoms with E-state index in [-0.39, 0.29) is 12.5 Å². The summed E-state index contributed by atoms with van der Waals surface area (Å²) < 4.78 is 17.3. The van der Waals surface area contributed by atoms with Gasteiger partial charge >= 0.3 is 11.9 Å². The van der Waals surface area contributed by atoms with Gasteiger partial charge in [-0.2, -0.15) is 0 Å². The van der Waals surface area contributed by atoms with Crippen LogP contribution in [0.5, 0.6) is 0 Å². The SMILES string of the molecule is CC(=O)O[C@H]1C(=O)O[C@@H]2C[C@H]3C(C)=CC(=O)[C@@H](O)[C@]3(C)[C@H]3[C@@H](O)[C@H](O)[C@@]4(C)OC[C@]32[C@@H]14. The van der Waals surface area contributed by atoms with Crippen LogP contribution in [0.25, 0.3) is 0 Å². The van der Waals surface area contributed by atoms with Crippen LogP contribution in [0.2, 0.25) is 0 Å². The molecule has 11 atom stereocenters. The Balaban J connectivity index is 1.76. The van der Waals surface area contributed by atoms with Crippen molar-refractivity contribution < 1.29 is 43.9 Å². The molecule has 5 aliphatic rings. The quantitative estimate of drug-likeness (QED) is 0.464. The van der Waals surface area contributed by atoms with E-state index in [0.29, 0.717) is 6.42 Å². The molecule has 170 valence electrons. The van der Waals surface area contributed by atoms with Gasteiger partial charge in [-0.1, -0.05) is 12.5 Å². The summed E-state index contributed by atoms with van der Waals surface area (Å²) in [5, 5.41) is 33.6. The maximum atomic E-state index is 13.0. The fraction of sp³-hybridized carbons (Fsp3) is 0.773. The Hall–Kier alpha value is -1.81. The first-order valence-corrected chi connectivity index (χ1v) is 10.7. The normalized spacial score (nSPS) is 55.0. The molecule has 0 aromatic heterocycles. The second-order valence-corrected chi connectivity index (χ2v) is 10.3. The maximum Gasteiger partial charge on any atom is 0.348 e. The molecule has 31 heavy (non-hydrogen) atoms. The van der Waals surface area contributed by atoms with Crippen LogP contribution in [0.1, 0.15) is 34.1 Å². The number of ether oxygens (including phenoxy) is 3. The summed E-state index contributed by atoms with van der Waals surface area (Å²) in [5.74, 6) is -3.84. The minimum absolute atomic E-state index is 0.0364. The third kappa shape index (κ3) is 2.23. The van der Waals surface area contributed by atoms with Crippen molar-refractivity contribution in [1.29, 1.82) is 0 Å². The Morgan fingerprint density at radius 1 is 1.19 bits per heavy atom. The van der Waals surface area contributed by atoms with Crippen molar-refractivity contribution in [2.75, 3.05) is 6.61 Å². The summed E-state index contributed by atoms with van der Waals surface area (Å²) >= 11 is 0. The molecule has 3 aliphatic carbocycles. The zero-order chi connectivity index (χ0) is 22.7. The highest BCUT2D eigenvalue weighted by atomic mass is 16.6. The maximum absolute atomic E-state index is 13.0. The molecule has 3 N–H and O–H groups in total. The van der Waals surface area contributed by atoms with Gasteiger partial charge in [0.2, 0.25) is 6.10 Å².